The second-order valence-electron chi connectivity index (χ2n) is 4.30. The average Bonchev–Trinajstić information content (AvgIpc) is 2.28. The van der Waals surface area contributed by atoms with Crippen LogP contribution in [0.1, 0.15) is 38.3 Å². The summed E-state index contributed by atoms with van der Waals surface area (Å²) in [6.07, 6.45) is 1.45. The van der Waals surface area contributed by atoms with Gasteiger partial charge in [-0.1, -0.05) is 20.8 Å². The summed E-state index contributed by atoms with van der Waals surface area (Å²) in [5, 5.41) is 3.10. The topological polar surface area (TPSA) is 67.0 Å². The van der Waals surface area contributed by atoms with Crippen LogP contribution in [0.4, 0.5) is 0 Å². The number of nitrogens with zero attached hydrogens (tertiary/aromatic N) is 1. The maximum Gasteiger partial charge on any atom is 0.255 e. The quantitative estimate of drug-likeness (QED) is 0.783. The molecule has 0 aliphatic carbocycles. The SMILES string of the molecule is CCNCc1cnc(C(OC)C(C)C)[nH]c1=O. The Hall–Kier alpha value is -1.20. The van der Waals surface area contributed by atoms with E-state index in [4.69, 9.17) is 4.74 Å². The molecule has 0 bridgehead atoms. The Morgan fingerprint density at radius 2 is 2.24 bits per heavy atom. The van der Waals surface area contributed by atoms with Gasteiger partial charge in [0, 0.05) is 25.4 Å². The Morgan fingerprint density at radius 3 is 2.71 bits per heavy atom. The van der Waals surface area contributed by atoms with Gasteiger partial charge in [-0.05, 0) is 12.5 Å². The number of rotatable bonds is 6. The van der Waals surface area contributed by atoms with Crippen molar-refractivity contribution in [2.75, 3.05) is 13.7 Å². The molecular formula is C12H21N3O2. The fourth-order valence-electron chi connectivity index (χ4n) is 1.66. The Bertz CT molecular complexity index is 401. The van der Waals surface area contributed by atoms with Gasteiger partial charge >= 0.3 is 0 Å². The molecule has 0 radical (unpaired) electrons. The predicted octanol–water partition coefficient (Wildman–Crippen LogP) is 1.22. The van der Waals surface area contributed by atoms with Crippen LogP contribution < -0.4 is 10.9 Å². The summed E-state index contributed by atoms with van der Waals surface area (Å²) in [6.45, 7) is 7.42. The largest absolute Gasteiger partial charge is 0.373 e. The first-order valence-electron chi connectivity index (χ1n) is 5.91. The van der Waals surface area contributed by atoms with E-state index in [1.54, 1.807) is 13.3 Å². The van der Waals surface area contributed by atoms with Crippen LogP contribution in [0.2, 0.25) is 0 Å². The van der Waals surface area contributed by atoms with Crippen molar-refractivity contribution in [3.8, 4) is 0 Å². The third-order valence-corrected chi connectivity index (χ3v) is 2.59. The smallest absolute Gasteiger partial charge is 0.255 e. The first kappa shape index (κ1) is 13.9. The summed E-state index contributed by atoms with van der Waals surface area (Å²) >= 11 is 0. The number of hydrogen-bond acceptors (Lipinski definition) is 4. The van der Waals surface area contributed by atoms with Crippen molar-refractivity contribution < 1.29 is 4.74 Å². The minimum absolute atomic E-state index is 0.0985. The van der Waals surface area contributed by atoms with Crippen LogP contribution in [0.25, 0.3) is 0 Å². The van der Waals surface area contributed by atoms with Gasteiger partial charge in [0.25, 0.3) is 5.56 Å². The molecule has 0 spiro atoms. The first-order valence-corrected chi connectivity index (χ1v) is 5.91. The number of hydrogen-bond donors (Lipinski definition) is 2. The van der Waals surface area contributed by atoms with Crippen LogP contribution in [-0.4, -0.2) is 23.6 Å². The molecule has 1 unspecified atom stereocenters. The summed E-state index contributed by atoms with van der Waals surface area (Å²) < 4.78 is 5.33. The van der Waals surface area contributed by atoms with Gasteiger partial charge < -0.3 is 15.0 Å². The molecule has 1 rings (SSSR count). The molecule has 0 fully saturated rings. The third kappa shape index (κ3) is 3.64. The zero-order valence-corrected chi connectivity index (χ0v) is 10.9. The monoisotopic (exact) mass is 239 g/mol. The van der Waals surface area contributed by atoms with E-state index in [-0.39, 0.29) is 17.6 Å². The van der Waals surface area contributed by atoms with Crippen LogP contribution >= 0.6 is 0 Å². The van der Waals surface area contributed by atoms with Crippen molar-refractivity contribution in [1.82, 2.24) is 15.3 Å². The molecule has 17 heavy (non-hydrogen) atoms. The number of ether oxygens (including phenoxy) is 1. The van der Waals surface area contributed by atoms with Gasteiger partial charge in [0.2, 0.25) is 0 Å². The maximum absolute atomic E-state index is 11.8. The Labute approximate surface area is 102 Å². The highest BCUT2D eigenvalue weighted by Gasteiger charge is 2.17. The average molecular weight is 239 g/mol. The normalized spacial score (nSPS) is 13.0. The zero-order valence-electron chi connectivity index (χ0n) is 10.9. The van der Waals surface area contributed by atoms with Crippen molar-refractivity contribution in [3.63, 3.8) is 0 Å². The van der Waals surface area contributed by atoms with E-state index in [0.717, 1.165) is 6.54 Å². The standard InChI is InChI=1S/C12H21N3O2/c1-5-13-6-9-7-14-11(15-12(9)16)10(17-4)8(2)3/h7-8,10,13H,5-6H2,1-4H3,(H,14,15,16). The maximum atomic E-state index is 11.8. The molecule has 2 N–H and O–H groups in total. The Morgan fingerprint density at radius 1 is 1.53 bits per heavy atom. The van der Waals surface area contributed by atoms with Crippen molar-refractivity contribution in [2.45, 2.75) is 33.4 Å². The van der Waals surface area contributed by atoms with Crippen molar-refractivity contribution >= 4 is 0 Å². The van der Waals surface area contributed by atoms with Crippen LogP contribution in [0.5, 0.6) is 0 Å². The zero-order chi connectivity index (χ0) is 12.8. The number of H-pyrrole nitrogens is 1. The molecule has 1 aromatic rings. The summed E-state index contributed by atoms with van der Waals surface area (Å²) in [5.74, 6) is 0.857. The summed E-state index contributed by atoms with van der Waals surface area (Å²) in [7, 11) is 1.62. The Balaban J connectivity index is 2.91. The van der Waals surface area contributed by atoms with E-state index in [1.807, 2.05) is 20.8 Å². The molecule has 0 aliphatic heterocycles. The van der Waals surface area contributed by atoms with Gasteiger partial charge in [0.15, 0.2) is 0 Å². The van der Waals surface area contributed by atoms with Gasteiger partial charge in [-0.15, -0.1) is 0 Å². The van der Waals surface area contributed by atoms with Gasteiger partial charge in [0.1, 0.15) is 11.9 Å². The number of aromatic amines is 1. The minimum atomic E-state index is -0.170. The summed E-state index contributed by atoms with van der Waals surface area (Å²) in [6, 6.07) is 0. The molecule has 0 aliphatic rings. The molecule has 5 nitrogen and oxygen atoms in total. The van der Waals surface area contributed by atoms with Gasteiger partial charge in [0.05, 0.1) is 0 Å². The second-order valence-corrected chi connectivity index (χ2v) is 4.30. The van der Waals surface area contributed by atoms with Gasteiger partial charge in [-0.25, -0.2) is 4.98 Å². The van der Waals surface area contributed by atoms with E-state index in [9.17, 15) is 4.79 Å². The number of nitrogens with one attached hydrogen (secondary N) is 2. The van der Waals surface area contributed by atoms with E-state index in [2.05, 4.69) is 15.3 Å². The molecule has 1 atom stereocenters. The highest BCUT2D eigenvalue weighted by atomic mass is 16.5. The van der Waals surface area contributed by atoms with Crippen LogP contribution in [0.15, 0.2) is 11.0 Å². The lowest BCUT2D eigenvalue weighted by atomic mass is 10.1. The van der Waals surface area contributed by atoms with E-state index >= 15 is 0 Å². The molecule has 0 aromatic carbocycles. The van der Waals surface area contributed by atoms with Crippen LogP contribution in [-0.2, 0) is 11.3 Å². The van der Waals surface area contributed by atoms with Crippen molar-refractivity contribution in [1.29, 1.82) is 0 Å². The minimum Gasteiger partial charge on any atom is -0.373 e. The third-order valence-electron chi connectivity index (χ3n) is 2.59. The Kier molecular flexibility index (Phi) is 5.31. The molecule has 1 heterocycles. The molecule has 5 heteroatoms. The second kappa shape index (κ2) is 6.51. The lowest BCUT2D eigenvalue weighted by molar-refractivity contribution is 0.0572. The predicted molar refractivity (Wildman–Crippen MR) is 66.8 cm³/mol. The highest BCUT2D eigenvalue weighted by molar-refractivity contribution is 5.07. The molecule has 96 valence electrons. The molecule has 0 saturated carbocycles. The van der Waals surface area contributed by atoms with Crippen molar-refractivity contribution in [3.05, 3.63) is 27.9 Å². The van der Waals surface area contributed by atoms with Gasteiger partial charge in [-0.3, -0.25) is 4.79 Å². The lowest BCUT2D eigenvalue weighted by Crippen LogP contribution is -2.24. The highest BCUT2D eigenvalue weighted by Crippen LogP contribution is 2.20. The van der Waals surface area contributed by atoms with E-state index < -0.39 is 0 Å². The van der Waals surface area contributed by atoms with Crippen LogP contribution in [0.3, 0.4) is 0 Å². The fourth-order valence-corrected chi connectivity index (χ4v) is 1.66. The van der Waals surface area contributed by atoms with E-state index in [1.165, 1.54) is 0 Å². The fraction of sp³-hybridized carbons (Fsp3) is 0.667. The molecule has 0 amide bonds. The van der Waals surface area contributed by atoms with E-state index in [0.29, 0.717) is 17.9 Å². The summed E-state index contributed by atoms with van der Waals surface area (Å²) in [5.41, 5.74) is 0.549. The summed E-state index contributed by atoms with van der Waals surface area (Å²) in [4.78, 5) is 18.8. The molecule has 0 saturated heterocycles. The molecular weight excluding hydrogens is 218 g/mol. The van der Waals surface area contributed by atoms with Crippen LogP contribution in [0, 0.1) is 5.92 Å². The molecule has 1 aromatic heterocycles. The lowest BCUT2D eigenvalue weighted by Gasteiger charge is -2.18. The van der Waals surface area contributed by atoms with Crippen molar-refractivity contribution in [2.24, 2.45) is 5.92 Å². The first-order chi connectivity index (χ1) is 8.10. The number of methoxy groups -OCH3 is 1. The number of aromatic nitrogens is 2. The van der Waals surface area contributed by atoms with Gasteiger partial charge in [-0.2, -0.15) is 0 Å².